The van der Waals surface area contributed by atoms with E-state index in [9.17, 15) is 22.0 Å². The number of aromatic amines is 1. The van der Waals surface area contributed by atoms with Crippen LogP contribution >= 0.6 is 0 Å². The van der Waals surface area contributed by atoms with E-state index in [-0.39, 0.29) is 47.1 Å². The van der Waals surface area contributed by atoms with E-state index in [0.29, 0.717) is 18.5 Å². The number of H-pyrrole nitrogens is 1. The Hall–Kier alpha value is -3.68. The van der Waals surface area contributed by atoms with Crippen LogP contribution in [-0.4, -0.2) is 74.2 Å². The molecule has 1 aromatic carbocycles. The standard InChI is InChI=1S/C25H22F6N6O2/c1-12-5-16(27)19-14(8-33-36-19)17(12)21-18(28)20-15(7-32-21)22(38-11-25(29,30)31)35-23(34-20)39-10-24-3-2-4-37(24)9-13(26)6-24/h5,7-8,13H,2-4,6,9-11H2,1H3,(H,33,36)/t13-,24+/m1/s1. The summed E-state index contributed by atoms with van der Waals surface area (Å²) in [5.41, 5.74) is -0.564. The molecule has 1 N–H and O–H groups in total. The average Bonchev–Trinajstić information content (AvgIpc) is 3.57. The van der Waals surface area contributed by atoms with Crippen molar-refractivity contribution in [2.24, 2.45) is 0 Å². The number of fused-ring (bicyclic) bond motifs is 3. The molecule has 39 heavy (non-hydrogen) atoms. The molecule has 3 aromatic heterocycles. The van der Waals surface area contributed by atoms with Crippen molar-refractivity contribution in [2.75, 3.05) is 26.3 Å². The van der Waals surface area contributed by atoms with E-state index < -0.39 is 53.5 Å². The SMILES string of the molecule is Cc1cc(F)c2[nH]ncc2c1-c1ncc2c(OCC(F)(F)F)nc(OC[C@@]34CCCN3C[C@H](F)C4)nc2c1F. The van der Waals surface area contributed by atoms with Crippen LogP contribution in [0.5, 0.6) is 11.9 Å². The molecule has 0 aliphatic carbocycles. The van der Waals surface area contributed by atoms with Gasteiger partial charge in [-0.25, -0.2) is 13.2 Å². The zero-order chi connectivity index (χ0) is 27.5. The molecule has 0 saturated carbocycles. The molecule has 6 rings (SSSR count). The number of benzene rings is 1. The number of hydrogen-bond donors (Lipinski definition) is 1. The van der Waals surface area contributed by atoms with Crippen LogP contribution in [0.25, 0.3) is 33.1 Å². The fraction of sp³-hybridized carbons (Fsp3) is 0.440. The van der Waals surface area contributed by atoms with Crippen LogP contribution in [0, 0.1) is 18.6 Å². The molecular formula is C25H22F6N6O2. The molecule has 0 bridgehead atoms. The number of alkyl halides is 4. The van der Waals surface area contributed by atoms with Gasteiger partial charge in [-0.15, -0.1) is 0 Å². The molecule has 2 fully saturated rings. The molecule has 4 aromatic rings. The number of rotatable bonds is 6. The summed E-state index contributed by atoms with van der Waals surface area (Å²) in [7, 11) is 0. The van der Waals surface area contributed by atoms with E-state index in [4.69, 9.17) is 9.47 Å². The van der Waals surface area contributed by atoms with Crippen LogP contribution in [0.4, 0.5) is 26.3 Å². The van der Waals surface area contributed by atoms with Gasteiger partial charge in [0.1, 0.15) is 35.3 Å². The number of nitrogens with zero attached hydrogens (tertiary/aromatic N) is 5. The number of ether oxygens (including phenoxy) is 2. The Morgan fingerprint density at radius 2 is 1.97 bits per heavy atom. The fourth-order valence-corrected chi connectivity index (χ4v) is 5.68. The van der Waals surface area contributed by atoms with Crippen LogP contribution in [0.2, 0.25) is 0 Å². The number of halogens is 6. The molecule has 0 radical (unpaired) electrons. The van der Waals surface area contributed by atoms with E-state index in [1.807, 2.05) is 4.90 Å². The largest absolute Gasteiger partial charge is 0.467 e. The lowest BCUT2D eigenvalue weighted by Crippen LogP contribution is -2.43. The molecular weight excluding hydrogens is 530 g/mol. The first kappa shape index (κ1) is 25.6. The molecule has 2 aliphatic rings. The number of aromatic nitrogens is 5. The second kappa shape index (κ2) is 9.21. The highest BCUT2D eigenvalue weighted by Gasteiger charge is 2.49. The first-order valence-corrected chi connectivity index (χ1v) is 12.2. The van der Waals surface area contributed by atoms with Crippen molar-refractivity contribution in [3.8, 4) is 23.1 Å². The van der Waals surface area contributed by atoms with Gasteiger partial charge in [0.05, 0.1) is 17.1 Å². The van der Waals surface area contributed by atoms with Gasteiger partial charge in [-0.2, -0.15) is 28.2 Å². The lowest BCUT2D eigenvalue weighted by Gasteiger charge is -2.30. The third kappa shape index (κ3) is 4.49. The third-order valence-corrected chi connectivity index (χ3v) is 7.35. The van der Waals surface area contributed by atoms with Crippen molar-refractivity contribution in [3.05, 3.63) is 35.7 Å². The van der Waals surface area contributed by atoms with Gasteiger partial charge in [0.25, 0.3) is 0 Å². The molecule has 2 saturated heterocycles. The molecule has 0 spiro atoms. The summed E-state index contributed by atoms with van der Waals surface area (Å²) in [4.78, 5) is 14.2. The molecule has 5 heterocycles. The van der Waals surface area contributed by atoms with Crippen LogP contribution in [0.15, 0.2) is 18.5 Å². The van der Waals surface area contributed by atoms with Crippen molar-refractivity contribution < 1.29 is 35.8 Å². The third-order valence-electron chi connectivity index (χ3n) is 7.35. The molecule has 8 nitrogen and oxygen atoms in total. The second-order valence-electron chi connectivity index (χ2n) is 9.97. The van der Waals surface area contributed by atoms with E-state index in [0.717, 1.165) is 12.6 Å². The quantitative estimate of drug-likeness (QED) is 0.335. The van der Waals surface area contributed by atoms with Gasteiger partial charge < -0.3 is 9.47 Å². The Kier molecular flexibility index (Phi) is 6.04. The summed E-state index contributed by atoms with van der Waals surface area (Å²) in [6.07, 6.45) is -1.54. The predicted molar refractivity (Wildman–Crippen MR) is 127 cm³/mol. The smallest absolute Gasteiger partial charge is 0.422 e. The van der Waals surface area contributed by atoms with Gasteiger partial charge in [0, 0.05) is 30.1 Å². The van der Waals surface area contributed by atoms with E-state index in [1.54, 1.807) is 6.92 Å². The number of aryl methyl sites for hydroxylation is 1. The molecule has 2 aliphatic heterocycles. The van der Waals surface area contributed by atoms with Crippen molar-refractivity contribution >= 4 is 21.8 Å². The van der Waals surface area contributed by atoms with E-state index >= 15 is 4.39 Å². The van der Waals surface area contributed by atoms with Gasteiger partial charge in [-0.05, 0) is 37.9 Å². The van der Waals surface area contributed by atoms with Gasteiger partial charge in [-0.1, -0.05) is 0 Å². The minimum Gasteiger partial charge on any atom is -0.467 e. The van der Waals surface area contributed by atoms with Gasteiger partial charge in [-0.3, -0.25) is 15.0 Å². The number of hydrogen-bond acceptors (Lipinski definition) is 7. The Morgan fingerprint density at radius 1 is 1.15 bits per heavy atom. The first-order chi connectivity index (χ1) is 18.5. The van der Waals surface area contributed by atoms with E-state index in [2.05, 4.69) is 25.1 Å². The summed E-state index contributed by atoms with van der Waals surface area (Å²) in [5.74, 6) is -2.14. The number of nitrogens with one attached hydrogen (secondary N) is 1. The van der Waals surface area contributed by atoms with Gasteiger partial charge in [0.15, 0.2) is 12.4 Å². The Morgan fingerprint density at radius 3 is 2.77 bits per heavy atom. The maximum atomic E-state index is 16.0. The van der Waals surface area contributed by atoms with Crippen LogP contribution in [0.3, 0.4) is 0 Å². The average molecular weight is 552 g/mol. The Balaban J connectivity index is 1.44. The maximum absolute atomic E-state index is 16.0. The normalized spacial score (nSPS) is 21.7. The minimum atomic E-state index is -4.69. The monoisotopic (exact) mass is 552 g/mol. The van der Waals surface area contributed by atoms with Crippen LogP contribution in [0.1, 0.15) is 24.8 Å². The summed E-state index contributed by atoms with van der Waals surface area (Å²) in [6.45, 7) is 0.825. The first-order valence-electron chi connectivity index (χ1n) is 12.2. The number of pyridine rings is 1. The predicted octanol–water partition coefficient (Wildman–Crippen LogP) is 5.05. The molecule has 0 amide bonds. The van der Waals surface area contributed by atoms with E-state index in [1.165, 1.54) is 12.3 Å². The van der Waals surface area contributed by atoms with Crippen molar-refractivity contribution in [1.82, 2.24) is 30.0 Å². The molecule has 206 valence electrons. The van der Waals surface area contributed by atoms with Crippen molar-refractivity contribution in [2.45, 2.75) is 44.1 Å². The van der Waals surface area contributed by atoms with Crippen LogP contribution < -0.4 is 9.47 Å². The van der Waals surface area contributed by atoms with Crippen LogP contribution in [-0.2, 0) is 0 Å². The highest BCUT2D eigenvalue weighted by molar-refractivity contribution is 5.98. The zero-order valence-corrected chi connectivity index (χ0v) is 20.6. The van der Waals surface area contributed by atoms with Crippen molar-refractivity contribution in [3.63, 3.8) is 0 Å². The molecule has 2 atom stereocenters. The zero-order valence-electron chi connectivity index (χ0n) is 20.6. The Labute approximate surface area is 217 Å². The Bertz CT molecular complexity index is 1580. The highest BCUT2D eigenvalue weighted by Crippen LogP contribution is 2.41. The summed E-state index contributed by atoms with van der Waals surface area (Å²) in [5, 5.41) is 6.41. The summed E-state index contributed by atoms with van der Waals surface area (Å²) < 4.78 is 94.2. The highest BCUT2D eigenvalue weighted by atomic mass is 19.4. The fourth-order valence-electron chi connectivity index (χ4n) is 5.68. The maximum Gasteiger partial charge on any atom is 0.422 e. The minimum absolute atomic E-state index is 0.0239. The van der Waals surface area contributed by atoms with Crippen molar-refractivity contribution in [1.29, 1.82) is 0 Å². The molecule has 0 unspecified atom stereocenters. The van der Waals surface area contributed by atoms with Gasteiger partial charge in [0.2, 0.25) is 5.88 Å². The topological polar surface area (TPSA) is 89.0 Å². The lowest BCUT2D eigenvalue weighted by atomic mass is 9.95. The second-order valence-corrected chi connectivity index (χ2v) is 9.97. The molecule has 14 heteroatoms. The summed E-state index contributed by atoms with van der Waals surface area (Å²) in [6, 6.07) is 0.781. The lowest BCUT2D eigenvalue weighted by molar-refractivity contribution is -0.153. The summed E-state index contributed by atoms with van der Waals surface area (Å²) >= 11 is 0. The van der Waals surface area contributed by atoms with Gasteiger partial charge >= 0.3 is 12.2 Å².